The van der Waals surface area contributed by atoms with Gasteiger partial charge in [0.2, 0.25) is 0 Å². The Kier molecular flexibility index (Phi) is 4.68. The minimum atomic E-state index is -0.990. The van der Waals surface area contributed by atoms with Crippen LogP contribution in [0.4, 0.5) is 20.2 Å². The number of hydrogen-bond donors (Lipinski definition) is 1. The van der Waals surface area contributed by atoms with Gasteiger partial charge in [0.25, 0.3) is 11.8 Å². The van der Waals surface area contributed by atoms with E-state index in [0.717, 1.165) is 22.6 Å². The van der Waals surface area contributed by atoms with Crippen LogP contribution in [0.1, 0.15) is 11.1 Å². The number of hydrogen-bond acceptors (Lipinski definition) is 3. The second-order valence-electron chi connectivity index (χ2n) is 6.65. The summed E-state index contributed by atoms with van der Waals surface area (Å²) in [5.74, 6) is -3.17. The number of aryl methyl sites for hydroxylation is 1. The highest BCUT2D eigenvalue weighted by Gasteiger charge is 2.41. The highest BCUT2D eigenvalue weighted by molar-refractivity contribution is 6.46. The van der Waals surface area contributed by atoms with Crippen molar-refractivity contribution in [2.45, 2.75) is 6.92 Å². The van der Waals surface area contributed by atoms with E-state index in [1.54, 1.807) is 42.5 Å². The number of imide groups is 1. The van der Waals surface area contributed by atoms with E-state index in [1.807, 2.05) is 19.1 Å². The molecule has 3 aromatic rings. The molecule has 0 spiro atoms. The molecule has 1 N–H and O–H groups in total. The molecule has 0 radical (unpaired) electrons. The average molecular weight is 390 g/mol. The maximum atomic E-state index is 14.4. The molecule has 6 heteroatoms. The molecular weight excluding hydrogens is 374 g/mol. The van der Waals surface area contributed by atoms with Gasteiger partial charge in [-0.3, -0.25) is 9.59 Å². The zero-order chi connectivity index (χ0) is 20.5. The third-order valence-corrected chi connectivity index (χ3v) is 4.62. The molecular formula is C23H16F2N2O2. The van der Waals surface area contributed by atoms with Crippen molar-refractivity contribution in [1.29, 1.82) is 0 Å². The van der Waals surface area contributed by atoms with Crippen LogP contribution in [0.3, 0.4) is 0 Å². The second kappa shape index (κ2) is 7.31. The molecule has 0 aliphatic carbocycles. The lowest BCUT2D eigenvalue weighted by Gasteiger charge is -2.16. The summed E-state index contributed by atoms with van der Waals surface area (Å²) >= 11 is 0. The summed E-state index contributed by atoms with van der Waals surface area (Å²) in [4.78, 5) is 27.0. The van der Waals surface area contributed by atoms with E-state index in [2.05, 4.69) is 5.32 Å². The molecule has 0 aromatic heterocycles. The second-order valence-corrected chi connectivity index (χ2v) is 6.65. The first-order valence-electron chi connectivity index (χ1n) is 8.93. The summed E-state index contributed by atoms with van der Waals surface area (Å²) < 4.78 is 27.7. The minimum Gasteiger partial charge on any atom is -0.350 e. The molecule has 1 aliphatic rings. The molecule has 4 nitrogen and oxygen atoms in total. The van der Waals surface area contributed by atoms with E-state index >= 15 is 0 Å². The number of nitrogens with zero attached hydrogens (tertiary/aromatic N) is 1. The van der Waals surface area contributed by atoms with E-state index in [1.165, 1.54) is 0 Å². The van der Waals surface area contributed by atoms with Crippen LogP contribution in [0.15, 0.2) is 78.5 Å². The Morgan fingerprint density at radius 2 is 1.52 bits per heavy atom. The topological polar surface area (TPSA) is 49.4 Å². The van der Waals surface area contributed by atoms with Crippen LogP contribution >= 0.6 is 0 Å². The molecule has 0 saturated heterocycles. The Morgan fingerprint density at radius 3 is 2.17 bits per heavy atom. The van der Waals surface area contributed by atoms with Gasteiger partial charge in [-0.2, -0.15) is 0 Å². The van der Waals surface area contributed by atoms with Crippen LogP contribution in [0, 0.1) is 18.6 Å². The largest absolute Gasteiger partial charge is 0.350 e. The minimum absolute atomic E-state index is 0.0359. The quantitative estimate of drug-likeness (QED) is 0.659. The Morgan fingerprint density at radius 1 is 0.828 bits per heavy atom. The lowest BCUT2D eigenvalue weighted by atomic mass is 10.0. The average Bonchev–Trinajstić information content (AvgIpc) is 2.94. The van der Waals surface area contributed by atoms with Crippen molar-refractivity contribution in [2.24, 2.45) is 0 Å². The molecule has 0 atom stereocenters. The van der Waals surface area contributed by atoms with E-state index < -0.39 is 23.4 Å². The van der Waals surface area contributed by atoms with Gasteiger partial charge in [-0.25, -0.2) is 13.7 Å². The lowest BCUT2D eigenvalue weighted by Crippen LogP contribution is -2.33. The van der Waals surface area contributed by atoms with Crippen LogP contribution in [0.5, 0.6) is 0 Å². The number of amides is 2. The third-order valence-electron chi connectivity index (χ3n) is 4.62. The summed E-state index contributed by atoms with van der Waals surface area (Å²) in [6, 6.07) is 18.7. The Balaban J connectivity index is 1.82. The fraction of sp³-hybridized carbons (Fsp3) is 0.0435. The van der Waals surface area contributed by atoms with Crippen LogP contribution in [0.25, 0.3) is 5.57 Å². The number of benzene rings is 3. The van der Waals surface area contributed by atoms with Crippen LogP contribution in [-0.2, 0) is 9.59 Å². The fourth-order valence-corrected chi connectivity index (χ4v) is 3.18. The summed E-state index contributed by atoms with van der Waals surface area (Å²) in [7, 11) is 0. The van der Waals surface area contributed by atoms with E-state index in [0.29, 0.717) is 17.3 Å². The van der Waals surface area contributed by atoms with E-state index in [9.17, 15) is 18.4 Å². The van der Waals surface area contributed by atoms with Crippen LogP contribution < -0.4 is 10.2 Å². The molecule has 0 bridgehead atoms. The van der Waals surface area contributed by atoms with Crippen LogP contribution in [0.2, 0.25) is 0 Å². The van der Waals surface area contributed by atoms with Gasteiger partial charge in [0, 0.05) is 11.8 Å². The molecule has 1 aliphatic heterocycles. The molecule has 2 amide bonds. The van der Waals surface area contributed by atoms with Crippen molar-refractivity contribution in [3.8, 4) is 0 Å². The fourth-order valence-electron chi connectivity index (χ4n) is 3.18. The molecule has 4 rings (SSSR count). The monoisotopic (exact) mass is 390 g/mol. The van der Waals surface area contributed by atoms with Gasteiger partial charge in [0.05, 0.1) is 11.3 Å². The van der Waals surface area contributed by atoms with E-state index in [-0.39, 0.29) is 17.0 Å². The van der Waals surface area contributed by atoms with Gasteiger partial charge in [-0.15, -0.1) is 0 Å². The Hall–Kier alpha value is -3.80. The molecule has 0 fully saturated rings. The normalized spacial score (nSPS) is 14.0. The number of carbonyl (C=O) groups excluding carboxylic acids is 2. The first kappa shape index (κ1) is 18.6. The molecule has 3 aromatic carbocycles. The summed E-state index contributed by atoms with van der Waals surface area (Å²) in [5, 5.41) is 3.00. The number of carbonyl (C=O) groups is 2. The van der Waals surface area contributed by atoms with Crippen molar-refractivity contribution in [1.82, 2.24) is 0 Å². The highest BCUT2D eigenvalue weighted by Crippen LogP contribution is 2.34. The predicted molar refractivity (Wildman–Crippen MR) is 107 cm³/mol. The van der Waals surface area contributed by atoms with Crippen molar-refractivity contribution >= 4 is 28.8 Å². The van der Waals surface area contributed by atoms with Gasteiger partial charge in [-0.05, 0) is 36.8 Å². The zero-order valence-corrected chi connectivity index (χ0v) is 15.4. The molecule has 29 heavy (non-hydrogen) atoms. The van der Waals surface area contributed by atoms with Crippen molar-refractivity contribution < 1.29 is 18.4 Å². The van der Waals surface area contributed by atoms with Gasteiger partial charge in [0.1, 0.15) is 17.3 Å². The number of anilines is 2. The Bertz CT molecular complexity index is 1140. The smallest absolute Gasteiger partial charge is 0.282 e. The molecule has 1 heterocycles. The number of nitrogens with one attached hydrogen (secondary N) is 1. The first-order valence-corrected chi connectivity index (χ1v) is 8.93. The molecule has 0 saturated carbocycles. The third kappa shape index (κ3) is 3.40. The number of rotatable bonds is 4. The van der Waals surface area contributed by atoms with Gasteiger partial charge >= 0.3 is 0 Å². The standard InChI is InChI=1S/C23H16F2N2O2/c1-14-7-10-17(11-8-14)26-21-20(15-5-3-2-4-6-15)22(28)27(23(21)29)19-12-9-16(24)13-18(19)25/h2-13,26H,1H3. The highest BCUT2D eigenvalue weighted by atomic mass is 19.1. The molecule has 144 valence electrons. The molecule has 0 unspecified atom stereocenters. The van der Waals surface area contributed by atoms with Crippen molar-refractivity contribution in [2.75, 3.05) is 10.2 Å². The van der Waals surface area contributed by atoms with Gasteiger partial charge in [0.15, 0.2) is 0 Å². The van der Waals surface area contributed by atoms with E-state index in [4.69, 9.17) is 0 Å². The van der Waals surface area contributed by atoms with Crippen LogP contribution in [-0.4, -0.2) is 11.8 Å². The number of halogens is 2. The maximum absolute atomic E-state index is 14.4. The summed E-state index contributed by atoms with van der Waals surface area (Å²) in [6.45, 7) is 1.93. The SMILES string of the molecule is Cc1ccc(NC2=C(c3ccccc3)C(=O)N(c3ccc(F)cc3F)C2=O)cc1. The summed E-state index contributed by atoms with van der Waals surface area (Å²) in [5.41, 5.74) is 2.04. The zero-order valence-electron chi connectivity index (χ0n) is 15.4. The first-order chi connectivity index (χ1) is 14.0. The lowest BCUT2D eigenvalue weighted by molar-refractivity contribution is -0.120. The summed E-state index contributed by atoms with van der Waals surface area (Å²) in [6.07, 6.45) is 0. The van der Waals surface area contributed by atoms with Gasteiger partial charge < -0.3 is 5.32 Å². The van der Waals surface area contributed by atoms with Gasteiger partial charge in [-0.1, -0.05) is 48.0 Å². The Labute approximate surface area is 166 Å². The maximum Gasteiger partial charge on any atom is 0.282 e. The van der Waals surface area contributed by atoms with Crippen molar-refractivity contribution in [3.05, 3.63) is 101 Å². The predicted octanol–water partition coefficient (Wildman–Crippen LogP) is 4.67. The van der Waals surface area contributed by atoms with Crippen molar-refractivity contribution in [3.63, 3.8) is 0 Å².